The SMILES string of the molecule is O=C(O)Nc1cc(Cl)c(-c2ccc(F)cc2)cc1NC(=O)CC(=O)c1cccc(-c2ncc[nH]2)c1. The van der Waals surface area contributed by atoms with Gasteiger partial charge in [0.25, 0.3) is 0 Å². The first kappa shape index (κ1) is 23.7. The van der Waals surface area contributed by atoms with Gasteiger partial charge in [-0.05, 0) is 35.9 Å². The second kappa shape index (κ2) is 10.2. The molecule has 0 spiro atoms. The van der Waals surface area contributed by atoms with Crippen LogP contribution in [0.3, 0.4) is 0 Å². The monoisotopic (exact) mass is 492 g/mol. The van der Waals surface area contributed by atoms with Crippen molar-refractivity contribution in [3.63, 3.8) is 0 Å². The van der Waals surface area contributed by atoms with E-state index >= 15 is 0 Å². The third-order valence-corrected chi connectivity index (χ3v) is 5.37. The van der Waals surface area contributed by atoms with Gasteiger partial charge < -0.3 is 15.4 Å². The molecule has 0 atom stereocenters. The van der Waals surface area contributed by atoms with E-state index in [0.29, 0.717) is 28.1 Å². The van der Waals surface area contributed by atoms with Crippen LogP contribution in [-0.2, 0) is 4.79 Å². The molecule has 0 unspecified atom stereocenters. The van der Waals surface area contributed by atoms with Crippen LogP contribution in [0.5, 0.6) is 0 Å². The summed E-state index contributed by atoms with van der Waals surface area (Å²) in [5.74, 6) is -0.934. The van der Waals surface area contributed by atoms with Crippen molar-refractivity contribution in [1.29, 1.82) is 0 Å². The summed E-state index contributed by atoms with van der Waals surface area (Å²) in [5.41, 5.74) is 2.12. The van der Waals surface area contributed by atoms with E-state index in [1.165, 1.54) is 36.4 Å². The number of Topliss-reactive ketones (excluding diaryl/α,β-unsaturated/α-hetero) is 1. The number of nitrogens with zero attached hydrogens (tertiary/aromatic N) is 1. The number of amides is 2. The minimum absolute atomic E-state index is 0.0222. The number of carbonyl (C=O) groups is 3. The molecule has 1 heterocycles. The number of imidazole rings is 1. The lowest BCUT2D eigenvalue weighted by Gasteiger charge is -2.15. The first-order valence-electron chi connectivity index (χ1n) is 10.3. The summed E-state index contributed by atoms with van der Waals surface area (Å²) in [7, 11) is 0. The molecule has 1 aromatic heterocycles. The predicted molar refractivity (Wildman–Crippen MR) is 130 cm³/mol. The van der Waals surface area contributed by atoms with Gasteiger partial charge in [-0.2, -0.15) is 0 Å². The zero-order valence-corrected chi connectivity index (χ0v) is 18.8. The van der Waals surface area contributed by atoms with Crippen molar-refractivity contribution < 1.29 is 23.9 Å². The standard InChI is InChI=1S/C25H18ClFN4O4/c26-19-12-21(31-25(34)35)20(11-18(19)14-4-6-17(27)7-5-14)30-23(33)13-22(32)15-2-1-3-16(10-15)24-28-8-9-29-24/h1-12,31H,13H2,(H,28,29)(H,30,33)(H,34,35). The quantitative estimate of drug-likeness (QED) is 0.190. The third kappa shape index (κ3) is 5.71. The molecular formula is C25H18ClFN4O4. The maximum atomic E-state index is 13.3. The number of hydrogen-bond acceptors (Lipinski definition) is 4. The number of hydrogen-bond donors (Lipinski definition) is 4. The molecule has 10 heteroatoms. The molecule has 0 aliphatic carbocycles. The highest BCUT2D eigenvalue weighted by atomic mass is 35.5. The zero-order valence-electron chi connectivity index (χ0n) is 18.0. The molecule has 0 aliphatic heterocycles. The average molecular weight is 493 g/mol. The van der Waals surface area contributed by atoms with Gasteiger partial charge in [0, 0.05) is 29.1 Å². The summed E-state index contributed by atoms with van der Waals surface area (Å²) in [5, 5.41) is 14.1. The van der Waals surface area contributed by atoms with Gasteiger partial charge in [0.1, 0.15) is 11.6 Å². The van der Waals surface area contributed by atoms with Crippen molar-refractivity contribution >= 4 is 40.8 Å². The summed E-state index contributed by atoms with van der Waals surface area (Å²) < 4.78 is 13.3. The Hall–Kier alpha value is -4.50. The minimum Gasteiger partial charge on any atom is -0.465 e. The number of anilines is 2. The van der Waals surface area contributed by atoms with Gasteiger partial charge in [0.05, 0.1) is 22.8 Å². The molecule has 4 aromatic rings. The number of rotatable bonds is 7. The minimum atomic E-state index is -1.36. The maximum absolute atomic E-state index is 13.3. The normalized spacial score (nSPS) is 10.6. The first-order valence-corrected chi connectivity index (χ1v) is 10.7. The van der Waals surface area contributed by atoms with Crippen LogP contribution < -0.4 is 10.6 Å². The van der Waals surface area contributed by atoms with E-state index in [9.17, 15) is 18.8 Å². The van der Waals surface area contributed by atoms with E-state index in [1.54, 1.807) is 36.7 Å². The van der Waals surface area contributed by atoms with E-state index in [-0.39, 0.29) is 16.4 Å². The van der Waals surface area contributed by atoms with Crippen LogP contribution >= 0.6 is 11.6 Å². The smallest absolute Gasteiger partial charge is 0.409 e. The van der Waals surface area contributed by atoms with Gasteiger partial charge in [-0.3, -0.25) is 14.9 Å². The molecule has 0 radical (unpaired) electrons. The van der Waals surface area contributed by atoms with Crippen molar-refractivity contribution in [3.05, 3.63) is 89.5 Å². The van der Waals surface area contributed by atoms with E-state index < -0.39 is 30.0 Å². The molecule has 0 bridgehead atoms. The number of aromatic amines is 1. The highest BCUT2D eigenvalue weighted by Gasteiger charge is 2.18. The van der Waals surface area contributed by atoms with Crippen molar-refractivity contribution in [2.75, 3.05) is 10.6 Å². The summed E-state index contributed by atoms with van der Waals surface area (Å²) in [6.45, 7) is 0. The Bertz CT molecular complexity index is 1410. The van der Waals surface area contributed by atoms with E-state index in [4.69, 9.17) is 16.7 Å². The average Bonchev–Trinajstić information content (AvgIpc) is 3.36. The van der Waals surface area contributed by atoms with Gasteiger partial charge in [-0.25, -0.2) is 14.2 Å². The summed E-state index contributed by atoms with van der Waals surface area (Å²) in [6.07, 6.45) is 1.40. The molecule has 0 saturated carbocycles. The molecule has 176 valence electrons. The lowest BCUT2D eigenvalue weighted by Crippen LogP contribution is -2.18. The second-order valence-corrected chi connectivity index (χ2v) is 7.89. The Morgan fingerprint density at radius 2 is 1.71 bits per heavy atom. The van der Waals surface area contributed by atoms with Crippen molar-refractivity contribution in [3.8, 4) is 22.5 Å². The largest absolute Gasteiger partial charge is 0.465 e. The fraction of sp³-hybridized carbons (Fsp3) is 0.0400. The van der Waals surface area contributed by atoms with E-state index in [1.807, 2.05) is 0 Å². The molecule has 4 rings (SSSR count). The number of H-pyrrole nitrogens is 1. The fourth-order valence-electron chi connectivity index (χ4n) is 3.45. The van der Waals surface area contributed by atoms with Gasteiger partial charge in [-0.1, -0.05) is 41.9 Å². The number of carbonyl (C=O) groups excluding carboxylic acids is 2. The van der Waals surface area contributed by atoms with Crippen LogP contribution in [0.1, 0.15) is 16.8 Å². The van der Waals surface area contributed by atoms with E-state index in [0.717, 1.165) is 0 Å². The third-order valence-electron chi connectivity index (χ3n) is 5.06. The lowest BCUT2D eigenvalue weighted by molar-refractivity contribution is -0.115. The van der Waals surface area contributed by atoms with E-state index in [2.05, 4.69) is 20.6 Å². The Morgan fingerprint density at radius 3 is 2.40 bits per heavy atom. The zero-order chi connectivity index (χ0) is 24.9. The number of ketones is 1. The van der Waals surface area contributed by atoms with Gasteiger partial charge in [0.15, 0.2) is 5.78 Å². The second-order valence-electron chi connectivity index (χ2n) is 7.48. The topological polar surface area (TPSA) is 124 Å². The summed E-state index contributed by atoms with van der Waals surface area (Å²) in [4.78, 5) is 43.8. The Kier molecular flexibility index (Phi) is 6.88. The molecule has 3 aromatic carbocycles. The molecule has 0 fully saturated rings. The van der Waals surface area contributed by atoms with Crippen molar-refractivity contribution in [1.82, 2.24) is 9.97 Å². The van der Waals surface area contributed by atoms with Crippen LogP contribution in [-0.4, -0.2) is 32.9 Å². The summed E-state index contributed by atoms with van der Waals surface area (Å²) in [6, 6.07) is 15.0. The van der Waals surface area contributed by atoms with Crippen molar-refractivity contribution in [2.24, 2.45) is 0 Å². The number of aromatic nitrogens is 2. The van der Waals surface area contributed by atoms with Crippen LogP contribution in [0.4, 0.5) is 20.6 Å². The molecule has 2 amide bonds. The fourth-order valence-corrected chi connectivity index (χ4v) is 3.72. The lowest BCUT2D eigenvalue weighted by atomic mass is 10.0. The number of benzene rings is 3. The predicted octanol–water partition coefficient (Wildman–Crippen LogP) is 5.84. The van der Waals surface area contributed by atoms with Crippen LogP contribution in [0, 0.1) is 5.82 Å². The van der Waals surface area contributed by atoms with Crippen LogP contribution in [0.25, 0.3) is 22.5 Å². The number of halogens is 2. The van der Waals surface area contributed by atoms with Gasteiger partial charge in [-0.15, -0.1) is 0 Å². The van der Waals surface area contributed by atoms with Gasteiger partial charge >= 0.3 is 6.09 Å². The molecule has 0 aliphatic rings. The molecule has 0 saturated heterocycles. The number of carboxylic acid groups (broad SMARTS) is 1. The molecule has 8 nitrogen and oxygen atoms in total. The van der Waals surface area contributed by atoms with Gasteiger partial charge in [0.2, 0.25) is 5.91 Å². The Morgan fingerprint density at radius 1 is 0.971 bits per heavy atom. The highest BCUT2D eigenvalue weighted by Crippen LogP contribution is 2.36. The number of nitrogens with one attached hydrogen (secondary N) is 3. The molecule has 35 heavy (non-hydrogen) atoms. The van der Waals surface area contributed by atoms with Crippen molar-refractivity contribution in [2.45, 2.75) is 6.42 Å². The Labute approximate surface area is 203 Å². The van der Waals surface area contributed by atoms with Crippen LogP contribution in [0.2, 0.25) is 5.02 Å². The first-order chi connectivity index (χ1) is 16.8. The maximum Gasteiger partial charge on any atom is 0.409 e. The van der Waals surface area contributed by atoms with Crippen LogP contribution in [0.15, 0.2) is 73.1 Å². The molecular weight excluding hydrogens is 475 g/mol. The highest BCUT2D eigenvalue weighted by molar-refractivity contribution is 6.34. The summed E-state index contributed by atoms with van der Waals surface area (Å²) >= 11 is 6.32. The molecule has 4 N–H and O–H groups in total. The Balaban J connectivity index is 1.57.